The van der Waals surface area contributed by atoms with Crippen LogP contribution in [0.1, 0.15) is 43.8 Å². The zero-order chi connectivity index (χ0) is 24.6. The van der Waals surface area contributed by atoms with E-state index in [0.717, 1.165) is 49.1 Å². The molecule has 35 heavy (non-hydrogen) atoms. The number of carboxylic acid groups (broad SMARTS) is 1. The molecule has 0 spiro atoms. The molecule has 1 N–H and O–H groups in total. The molecule has 8 heteroatoms. The molecule has 0 aliphatic carbocycles. The van der Waals surface area contributed by atoms with E-state index in [1.165, 1.54) is 4.21 Å². The molecule has 1 aromatic carbocycles. The van der Waals surface area contributed by atoms with Gasteiger partial charge in [0, 0.05) is 36.8 Å². The predicted molar refractivity (Wildman–Crippen MR) is 141 cm³/mol. The number of ether oxygens (including phenoxy) is 1. The number of aliphatic carboxylic acids is 1. The first-order chi connectivity index (χ1) is 17.0. The first-order valence-corrected chi connectivity index (χ1v) is 14.1. The van der Waals surface area contributed by atoms with Gasteiger partial charge in [0.15, 0.2) is 0 Å². The number of pyridine rings is 1. The number of hydrogen-bond acceptors (Lipinski definition) is 6. The Bertz CT molecular complexity index is 1100. The van der Waals surface area contributed by atoms with E-state index in [1.54, 1.807) is 30.7 Å². The van der Waals surface area contributed by atoms with E-state index in [-0.39, 0.29) is 12.3 Å². The summed E-state index contributed by atoms with van der Waals surface area (Å²) in [6, 6.07) is 11.5. The third-order valence-corrected chi connectivity index (χ3v) is 9.07. The minimum atomic E-state index is -1.09. The summed E-state index contributed by atoms with van der Waals surface area (Å²) in [5.74, 6) is 1.60. The molecule has 0 saturated carbocycles. The maximum absolute atomic E-state index is 15.5. The summed E-state index contributed by atoms with van der Waals surface area (Å²) < 4.78 is 22.2. The monoisotopic (exact) mass is 516 g/mol. The number of rotatable bonds is 12. The molecule has 4 rings (SSSR count). The van der Waals surface area contributed by atoms with Gasteiger partial charge in [0.25, 0.3) is 0 Å². The van der Waals surface area contributed by atoms with Crippen molar-refractivity contribution in [2.75, 3.05) is 32.5 Å². The fourth-order valence-corrected chi connectivity index (χ4v) is 6.92. The van der Waals surface area contributed by atoms with Crippen LogP contribution in [0.4, 0.5) is 4.39 Å². The number of carboxylic acids is 1. The quantitative estimate of drug-likeness (QED) is 0.271. The minimum absolute atomic E-state index is 0.173. The lowest BCUT2D eigenvalue weighted by atomic mass is 9.79. The Kier molecular flexibility index (Phi) is 9.40. The lowest BCUT2D eigenvalue weighted by molar-refractivity contribution is -0.137. The number of piperidine rings is 1. The number of carbonyl (C=O) groups is 1. The third kappa shape index (κ3) is 7.18. The number of likely N-dealkylation sites (tertiary alicyclic amines) is 1. The number of halogens is 1. The summed E-state index contributed by atoms with van der Waals surface area (Å²) in [7, 11) is 1.61. The minimum Gasteiger partial charge on any atom is -0.497 e. The van der Waals surface area contributed by atoms with Crippen molar-refractivity contribution in [3.63, 3.8) is 0 Å². The Hall–Kier alpha value is -2.16. The summed E-state index contributed by atoms with van der Waals surface area (Å²) in [6.45, 7) is 2.89. The first-order valence-electron chi connectivity index (χ1n) is 12.2. The molecule has 2 aromatic heterocycles. The van der Waals surface area contributed by atoms with Crippen LogP contribution < -0.4 is 4.74 Å². The van der Waals surface area contributed by atoms with Crippen LogP contribution in [-0.2, 0) is 4.79 Å². The normalized spacial score (nSPS) is 19.6. The molecule has 3 aromatic rings. The van der Waals surface area contributed by atoms with Gasteiger partial charge in [0.2, 0.25) is 0 Å². The van der Waals surface area contributed by atoms with Gasteiger partial charge in [-0.15, -0.1) is 23.1 Å². The van der Waals surface area contributed by atoms with Crippen molar-refractivity contribution in [1.29, 1.82) is 0 Å². The van der Waals surface area contributed by atoms with Crippen LogP contribution in [0.25, 0.3) is 10.9 Å². The van der Waals surface area contributed by atoms with Crippen LogP contribution in [-0.4, -0.2) is 53.5 Å². The molecule has 0 radical (unpaired) electrons. The number of benzene rings is 1. The van der Waals surface area contributed by atoms with E-state index in [0.29, 0.717) is 30.1 Å². The Morgan fingerprint density at radius 3 is 2.97 bits per heavy atom. The molecule has 1 saturated heterocycles. The Labute approximate surface area is 214 Å². The van der Waals surface area contributed by atoms with Crippen molar-refractivity contribution in [3.05, 3.63) is 53.5 Å². The van der Waals surface area contributed by atoms with Crippen LogP contribution >= 0.6 is 23.1 Å². The largest absolute Gasteiger partial charge is 0.497 e. The highest BCUT2D eigenvalue weighted by Gasteiger charge is 2.30. The van der Waals surface area contributed by atoms with E-state index >= 15 is 4.39 Å². The van der Waals surface area contributed by atoms with Crippen molar-refractivity contribution in [3.8, 4) is 5.75 Å². The second kappa shape index (κ2) is 12.7. The number of thiophene rings is 1. The van der Waals surface area contributed by atoms with Gasteiger partial charge < -0.3 is 14.7 Å². The van der Waals surface area contributed by atoms with Crippen LogP contribution in [0.2, 0.25) is 0 Å². The highest BCUT2D eigenvalue weighted by Crippen LogP contribution is 2.37. The average Bonchev–Trinajstić information content (AvgIpc) is 3.39. The lowest BCUT2D eigenvalue weighted by Gasteiger charge is -2.39. The van der Waals surface area contributed by atoms with Gasteiger partial charge in [0.05, 0.1) is 16.8 Å². The molecule has 3 atom stereocenters. The third-order valence-electron chi connectivity index (χ3n) is 6.96. The standard InChI is InChI=1S/C27H33FN2O3S2/c1-33-21-6-8-25-23(17-21)22(10-12-29-25)24(28)7-4-19-11-13-30(18-20(19)5-9-26(31)32)14-16-35-27-3-2-15-34-27/h2-3,6,8,10,12,15,17,19-20,24H,4-5,7,9,11,13-14,16,18H2,1H3,(H,31,32)/t19-,20-,24-/m1/s1. The average molecular weight is 517 g/mol. The van der Waals surface area contributed by atoms with E-state index < -0.39 is 12.1 Å². The Morgan fingerprint density at radius 1 is 1.31 bits per heavy atom. The van der Waals surface area contributed by atoms with E-state index in [2.05, 4.69) is 27.4 Å². The zero-order valence-electron chi connectivity index (χ0n) is 20.1. The number of methoxy groups -OCH3 is 1. The molecule has 1 fully saturated rings. The lowest BCUT2D eigenvalue weighted by Crippen LogP contribution is -2.41. The molecule has 0 bridgehead atoms. The Morgan fingerprint density at radius 2 is 2.20 bits per heavy atom. The first kappa shape index (κ1) is 25.9. The molecule has 3 heterocycles. The predicted octanol–water partition coefficient (Wildman–Crippen LogP) is 6.69. The van der Waals surface area contributed by atoms with Crippen molar-refractivity contribution < 1.29 is 19.0 Å². The van der Waals surface area contributed by atoms with Gasteiger partial charge in [-0.05, 0) is 85.3 Å². The maximum Gasteiger partial charge on any atom is 0.303 e. The molecule has 188 valence electrons. The van der Waals surface area contributed by atoms with Crippen molar-refractivity contribution in [1.82, 2.24) is 9.88 Å². The molecule has 1 aliphatic rings. The molecule has 1 aliphatic heterocycles. The highest BCUT2D eigenvalue weighted by atomic mass is 32.2. The van der Waals surface area contributed by atoms with E-state index in [4.69, 9.17) is 4.74 Å². The van der Waals surface area contributed by atoms with Gasteiger partial charge in [0.1, 0.15) is 11.9 Å². The number of hydrogen-bond donors (Lipinski definition) is 1. The molecule has 0 amide bonds. The highest BCUT2D eigenvalue weighted by molar-refractivity contribution is 8.01. The number of nitrogens with zero attached hydrogens (tertiary/aromatic N) is 2. The zero-order valence-corrected chi connectivity index (χ0v) is 21.7. The molecule has 5 nitrogen and oxygen atoms in total. The second-order valence-electron chi connectivity index (χ2n) is 9.15. The fourth-order valence-electron chi connectivity index (χ4n) is 5.06. The van der Waals surface area contributed by atoms with Crippen LogP contribution in [0, 0.1) is 11.8 Å². The van der Waals surface area contributed by atoms with Crippen molar-refractivity contribution in [2.24, 2.45) is 11.8 Å². The van der Waals surface area contributed by atoms with Crippen molar-refractivity contribution in [2.45, 2.75) is 42.5 Å². The number of aromatic nitrogens is 1. The summed E-state index contributed by atoms with van der Waals surface area (Å²) in [6.07, 6.45) is 3.58. The van der Waals surface area contributed by atoms with E-state index in [9.17, 15) is 9.90 Å². The summed E-state index contributed by atoms with van der Waals surface area (Å²) in [5.41, 5.74) is 1.41. The van der Waals surface area contributed by atoms with E-state index in [1.807, 2.05) is 30.0 Å². The van der Waals surface area contributed by atoms with Gasteiger partial charge >= 0.3 is 5.97 Å². The van der Waals surface area contributed by atoms with Crippen LogP contribution in [0.3, 0.4) is 0 Å². The number of alkyl halides is 1. The molecule has 0 unspecified atom stereocenters. The summed E-state index contributed by atoms with van der Waals surface area (Å²) in [4.78, 5) is 18.1. The number of fused-ring (bicyclic) bond motifs is 1. The van der Waals surface area contributed by atoms with Gasteiger partial charge in [-0.25, -0.2) is 4.39 Å². The second-order valence-corrected chi connectivity index (χ2v) is 11.5. The summed E-state index contributed by atoms with van der Waals surface area (Å²) >= 11 is 3.64. The smallest absolute Gasteiger partial charge is 0.303 e. The number of thioether (sulfide) groups is 1. The SMILES string of the molecule is COc1ccc2nccc([C@H](F)CC[C@@H]3CCN(CCSc4cccs4)C[C@H]3CCC(=O)O)c2c1. The van der Waals surface area contributed by atoms with Gasteiger partial charge in [-0.1, -0.05) is 6.07 Å². The fraction of sp³-hybridized carbons (Fsp3) is 0.481. The van der Waals surface area contributed by atoms with Gasteiger partial charge in [-0.3, -0.25) is 9.78 Å². The van der Waals surface area contributed by atoms with Gasteiger partial charge in [-0.2, -0.15) is 0 Å². The topological polar surface area (TPSA) is 62.7 Å². The molecular formula is C27H33FN2O3S2. The molecular weight excluding hydrogens is 483 g/mol. The van der Waals surface area contributed by atoms with Crippen LogP contribution in [0.5, 0.6) is 5.75 Å². The maximum atomic E-state index is 15.5. The summed E-state index contributed by atoms with van der Waals surface area (Å²) in [5, 5.41) is 12.1. The van der Waals surface area contributed by atoms with Crippen LogP contribution in [0.15, 0.2) is 52.2 Å². The Balaban J connectivity index is 1.36. The van der Waals surface area contributed by atoms with Crippen molar-refractivity contribution >= 4 is 40.0 Å².